The molecule has 2 aromatic carbocycles. The van der Waals surface area contributed by atoms with Crippen LogP contribution < -0.4 is 5.32 Å². The molecule has 0 bridgehead atoms. The highest BCUT2D eigenvalue weighted by molar-refractivity contribution is 5.73. The fraction of sp³-hybridized carbons (Fsp3) is 0.611. The summed E-state index contributed by atoms with van der Waals surface area (Å²) in [6.45, 7) is 14.0. The van der Waals surface area contributed by atoms with Gasteiger partial charge in [-0.1, -0.05) is 64.8 Å². The van der Waals surface area contributed by atoms with Crippen LogP contribution in [-0.2, 0) is 20.9 Å². The normalized spacial score (nSPS) is 18.8. The number of carbonyl (C=O) groups excluding carboxylic acids is 1. The lowest BCUT2D eigenvalue weighted by molar-refractivity contribution is -0.140. The van der Waals surface area contributed by atoms with E-state index in [1.54, 1.807) is 25.2 Å². The van der Waals surface area contributed by atoms with Crippen LogP contribution in [0.3, 0.4) is 0 Å². The first kappa shape index (κ1) is 41.1. The van der Waals surface area contributed by atoms with Gasteiger partial charge in [0.25, 0.3) is 6.47 Å². The number of carboxylic acids is 1. The van der Waals surface area contributed by atoms with Crippen LogP contribution in [0.1, 0.15) is 71.8 Å². The van der Waals surface area contributed by atoms with Gasteiger partial charge in [-0.05, 0) is 107 Å². The second kappa shape index (κ2) is 23.4. The second-order valence-corrected chi connectivity index (χ2v) is 12.5. The van der Waals surface area contributed by atoms with Gasteiger partial charge in [0.05, 0.1) is 0 Å². The van der Waals surface area contributed by atoms with Crippen molar-refractivity contribution in [3.05, 3.63) is 71.5 Å². The van der Waals surface area contributed by atoms with Gasteiger partial charge in [-0.2, -0.15) is 0 Å². The summed E-state index contributed by atoms with van der Waals surface area (Å²) in [5.74, 6) is -0.699. The Labute approximate surface area is 274 Å². The highest BCUT2D eigenvalue weighted by Gasteiger charge is 2.28. The van der Waals surface area contributed by atoms with Crippen LogP contribution in [0, 0.1) is 35.2 Å². The molecular weight excluding hydrogens is 595 g/mol. The van der Waals surface area contributed by atoms with Crippen molar-refractivity contribution in [3.63, 3.8) is 0 Å². The molecule has 260 valence electrons. The molecule has 0 amide bonds. The Kier molecular flexibility index (Phi) is 20.9. The topological polar surface area (TPSA) is 82.1 Å². The van der Waals surface area contributed by atoms with E-state index in [9.17, 15) is 22.8 Å². The van der Waals surface area contributed by atoms with E-state index in [4.69, 9.17) is 5.11 Å². The van der Waals surface area contributed by atoms with Crippen LogP contribution >= 0.6 is 0 Å². The van der Waals surface area contributed by atoms with Crippen LogP contribution in [-0.4, -0.2) is 79.7 Å². The zero-order valence-corrected chi connectivity index (χ0v) is 28.6. The molecule has 46 heavy (non-hydrogen) atoms. The number of likely N-dealkylation sites (tertiary alicyclic amines) is 1. The van der Waals surface area contributed by atoms with Crippen LogP contribution in [0.2, 0.25) is 0 Å². The predicted octanol–water partition coefficient (Wildman–Crippen LogP) is 7.01. The highest BCUT2D eigenvalue weighted by Crippen LogP contribution is 2.32. The zero-order chi connectivity index (χ0) is 34.5. The Hall–Kier alpha value is -2.95. The van der Waals surface area contributed by atoms with Crippen molar-refractivity contribution in [1.82, 2.24) is 15.1 Å². The van der Waals surface area contributed by atoms with Crippen molar-refractivity contribution >= 4 is 12.4 Å². The molecule has 1 aliphatic carbocycles. The molecule has 3 atom stereocenters. The number of hydrogen-bond donors (Lipinski definition) is 2. The Morgan fingerprint density at radius 2 is 1.72 bits per heavy atom. The Morgan fingerprint density at radius 3 is 2.13 bits per heavy atom. The van der Waals surface area contributed by atoms with Crippen LogP contribution in [0.15, 0.2) is 48.5 Å². The number of likely N-dealkylation sites (N-methyl/N-ethyl adjacent to an activating group) is 1. The first-order valence-corrected chi connectivity index (χ1v) is 16.5. The van der Waals surface area contributed by atoms with Crippen LogP contribution in [0.25, 0.3) is 0 Å². The summed E-state index contributed by atoms with van der Waals surface area (Å²) < 4.78 is 41.1. The van der Waals surface area contributed by atoms with Gasteiger partial charge in [-0.15, -0.1) is 0 Å². The van der Waals surface area contributed by atoms with E-state index >= 15 is 0 Å². The molecule has 2 aromatic rings. The quantitative estimate of drug-likeness (QED) is 0.253. The van der Waals surface area contributed by atoms with Crippen LogP contribution in [0.5, 0.6) is 0 Å². The van der Waals surface area contributed by atoms with Gasteiger partial charge in [0, 0.05) is 12.6 Å². The first-order valence-electron chi connectivity index (χ1n) is 16.5. The minimum Gasteiger partial charge on any atom is -0.480 e. The van der Waals surface area contributed by atoms with Crippen molar-refractivity contribution in [2.75, 3.05) is 40.3 Å². The lowest BCUT2D eigenvalue weighted by atomic mass is 9.95. The lowest BCUT2D eigenvalue weighted by Gasteiger charge is -2.38. The van der Waals surface area contributed by atoms with Gasteiger partial charge in [0.15, 0.2) is 11.6 Å². The van der Waals surface area contributed by atoms with Gasteiger partial charge in [0.2, 0.25) is 0 Å². The number of nitrogens with zero attached hydrogens (tertiary/aromatic N) is 2. The lowest BCUT2D eigenvalue weighted by Crippen LogP contribution is -2.45. The monoisotopic (exact) mass is 651 g/mol. The van der Waals surface area contributed by atoms with E-state index in [1.165, 1.54) is 82.9 Å². The van der Waals surface area contributed by atoms with Gasteiger partial charge in [0.1, 0.15) is 18.5 Å². The van der Waals surface area contributed by atoms with Gasteiger partial charge in [-0.25, -0.2) is 13.2 Å². The second-order valence-electron chi connectivity index (χ2n) is 12.5. The minimum absolute atomic E-state index is 0.0410. The van der Waals surface area contributed by atoms with Crippen molar-refractivity contribution in [3.8, 4) is 0 Å². The summed E-state index contributed by atoms with van der Waals surface area (Å²) in [4.78, 5) is 25.4. The molecule has 4 rings (SSSR count). The van der Waals surface area contributed by atoms with Crippen molar-refractivity contribution in [2.45, 2.75) is 84.9 Å². The first-order chi connectivity index (χ1) is 21.9. The third kappa shape index (κ3) is 16.6. The number of halogens is 3. The minimum atomic E-state index is -0.943. The number of piperidine rings is 1. The average Bonchev–Trinajstić information content (AvgIpc) is 3.43. The molecule has 1 aliphatic heterocycles. The number of rotatable bonds is 11. The van der Waals surface area contributed by atoms with E-state index in [-0.39, 0.29) is 24.8 Å². The van der Waals surface area contributed by atoms with E-state index < -0.39 is 23.6 Å². The van der Waals surface area contributed by atoms with E-state index in [0.717, 1.165) is 30.0 Å². The third-order valence-corrected chi connectivity index (χ3v) is 8.57. The Bertz CT molecular complexity index is 1100. The molecule has 2 aliphatic rings. The molecule has 7 nitrogen and oxygen atoms in total. The number of carboxylic acid groups (broad SMARTS) is 1. The zero-order valence-electron chi connectivity index (χ0n) is 28.6. The molecular formula is C36H56F3N3O4. The summed E-state index contributed by atoms with van der Waals surface area (Å²) in [5.41, 5.74) is 0.418. The number of hydrogen-bond acceptors (Lipinski definition) is 6. The summed E-state index contributed by atoms with van der Waals surface area (Å²) in [7, 11) is 3.96. The largest absolute Gasteiger partial charge is 0.480 e. The number of nitrogens with one attached hydrogen (secondary N) is 1. The molecule has 0 spiro atoms. The third-order valence-electron chi connectivity index (χ3n) is 8.57. The number of carbonyl (C=O) groups is 2. The maximum atomic E-state index is 12.5. The molecule has 0 aromatic heterocycles. The van der Waals surface area contributed by atoms with Gasteiger partial charge >= 0.3 is 5.97 Å². The SMILES string of the molecule is CCCN(C)C1CCN(C[C@H]2CCCC2C)CC1.CNC(C(=O)O)C(C)C.Fc1ccccc1.O=COCc1ccc(F)c(F)c1. The molecule has 2 unspecified atom stereocenters. The maximum Gasteiger partial charge on any atom is 0.320 e. The summed E-state index contributed by atoms with van der Waals surface area (Å²) in [5, 5.41) is 11.2. The number of aliphatic carboxylic acids is 1. The molecule has 2 fully saturated rings. The molecule has 1 saturated heterocycles. The Balaban J connectivity index is 0.000000328. The van der Waals surface area contributed by atoms with Crippen molar-refractivity contribution in [2.24, 2.45) is 17.8 Å². The molecule has 1 saturated carbocycles. The smallest absolute Gasteiger partial charge is 0.320 e. The van der Waals surface area contributed by atoms with Crippen molar-refractivity contribution < 1.29 is 32.6 Å². The van der Waals surface area contributed by atoms with Crippen molar-refractivity contribution in [1.29, 1.82) is 0 Å². The predicted molar refractivity (Wildman–Crippen MR) is 178 cm³/mol. The van der Waals surface area contributed by atoms with E-state index in [0.29, 0.717) is 5.56 Å². The van der Waals surface area contributed by atoms with Crippen LogP contribution in [0.4, 0.5) is 13.2 Å². The van der Waals surface area contributed by atoms with E-state index in [1.807, 2.05) is 13.8 Å². The summed E-state index contributed by atoms with van der Waals surface area (Å²) in [6.07, 6.45) is 8.49. The van der Waals surface area contributed by atoms with Gasteiger partial charge in [-0.3, -0.25) is 9.59 Å². The number of benzene rings is 2. The fourth-order valence-electron chi connectivity index (χ4n) is 5.82. The molecule has 2 N–H and O–H groups in total. The average molecular weight is 652 g/mol. The number of ether oxygens (including phenoxy) is 1. The summed E-state index contributed by atoms with van der Waals surface area (Å²) >= 11 is 0. The summed E-state index contributed by atoms with van der Waals surface area (Å²) in [6, 6.07) is 11.7. The Morgan fingerprint density at radius 1 is 1.07 bits per heavy atom. The molecule has 1 heterocycles. The maximum absolute atomic E-state index is 12.5. The highest BCUT2D eigenvalue weighted by atomic mass is 19.2. The molecule has 10 heteroatoms. The van der Waals surface area contributed by atoms with E-state index in [2.05, 4.69) is 40.7 Å². The fourth-order valence-corrected chi connectivity index (χ4v) is 5.82. The standard InChI is InChI=1S/C16H32N2.C8H6F2O2.C6H5F.C6H13NO2/c1-4-10-17(3)16-8-11-18(12-9-16)13-15-7-5-6-14(15)2;9-7-2-1-6(3-8(7)10)4-12-5-11;7-6-4-2-1-3-5-6;1-4(2)5(7-3)6(8)9/h14-16H,4-13H2,1-3H3;1-3,5H,4H2;1-5H;4-5,7H,1-3H3,(H,8,9)/t14?,15-;;;/m1.../s1. The van der Waals surface area contributed by atoms with Gasteiger partial charge < -0.3 is 25.0 Å². The molecule has 0 radical (unpaired) electrons.